The van der Waals surface area contributed by atoms with Crippen LogP contribution in [0.2, 0.25) is 0 Å². The summed E-state index contributed by atoms with van der Waals surface area (Å²) in [5.74, 6) is -0.236. The lowest BCUT2D eigenvalue weighted by Gasteiger charge is -2.21. The molecule has 0 unspecified atom stereocenters. The Bertz CT molecular complexity index is 535. The average molecular weight is 244 g/mol. The zero-order valence-electron chi connectivity index (χ0n) is 9.74. The Balaban J connectivity index is 2.37. The SMILES string of the molecule is [N-]=[N+]=NCC(=O)N1CCCC(=O)c2ccccc21. The molecule has 0 aliphatic carbocycles. The first-order chi connectivity index (χ1) is 8.74. The van der Waals surface area contributed by atoms with Gasteiger partial charge in [-0.2, -0.15) is 0 Å². The van der Waals surface area contributed by atoms with Gasteiger partial charge in [-0.3, -0.25) is 9.59 Å². The predicted octanol–water partition coefficient (Wildman–Crippen LogP) is 2.31. The zero-order valence-corrected chi connectivity index (χ0v) is 9.74. The number of anilines is 1. The number of hydrogen-bond acceptors (Lipinski definition) is 3. The van der Waals surface area contributed by atoms with E-state index in [9.17, 15) is 9.59 Å². The number of carbonyl (C=O) groups excluding carboxylic acids is 2. The van der Waals surface area contributed by atoms with Crippen LogP contribution in [-0.4, -0.2) is 24.8 Å². The fourth-order valence-corrected chi connectivity index (χ4v) is 2.03. The maximum Gasteiger partial charge on any atom is 0.232 e. The normalized spacial score (nSPS) is 14.4. The van der Waals surface area contributed by atoms with Crippen LogP contribution in [0.25, 0.3) is 10.4 Å². The minimum absolute atomic E-state index is 0.0460. The summed E-state index contributed by atoms with van der Waals surface area (Å²) < 4.78 is 0. The van der Waals surface area contributed by atoms with Crippen LogP contribution in [0.1, 0.15) is 23.2 Å². The van der Waals surface area contributed by atoms with Crippen molar-refractivity contribution < 1.29 is 9.59 Å². The zero-order chi connectivity index (χ0) is 13.0. The van der Waals surface area contributed by atoms with E-state index in [1.807, 2.05) is 0 Å². The summed E-state index contributed by atoms with van der Waals surface area (Å²) in [6.07, 6.45) is 1.05. The number of fused-ring (bicyclic) bond motifs is 1. The molecule has 6 heteroatoms. The van der Waals surface area contributed by atoms with Gasteiger partial charge in [0.2, 0.25) is 5.91 Å². The van der Waals surface area contributed by atoms with Crippen molar-refractivity contribution in [1.29, 1.82) is 0 Å². The van der Waals surface area contributed by atoms with E-state index < -0.39 is 0 Å². The van der Waals surface area contributed by atoms with Crippen molar-refractivity contribution in [3.05, 3.63) is 40.3 Å². The monoisotopic (exact) mass is 244 g/mol. The summed E-state index contributed by atoms with van der Waals surface area (Å²) >= 11 is 0. The van der Waals surface area contributed by atoms with Crippen LogP contribution >= 0.6 is 0 Å². The van der Waals surface area contributed by atoms with Crippen molar-refractivity contribution >= 4 is 17.4 Å². The molecule has 2 rings (SSSR count). The van der Waals surface area contributed by atoms with Gasteiger partial charge in [0.1, 0.15) is 6.54 Å². The molecule has 18 heavy (non-hydrogen) atoms. The lowest BCUT2D eigenvalue weighted by atomic mass is 10.1. The third-order valence-electron chi connectivity index (χ3n) is 2.85. The number of hydrogen-bond donors (Lipinski definition) is 0. The fourth-order valence-electron chi connectivity index (χ4n) is 2.03. The molecular weight excluding hydrogens is 232 g/mol. The van der Waals surface area contributed by atoms with E-state index in [0.29, 0.717) is 30.6 Å². The van der Waals surface area contributed by atoms with E-state index in [-0.39, 0.29) is 18.2 Å². The molecule has 0 radical (unpaired) electrons. The van der Waals surface area contributed by atoms with Crippen LogP contribution in [0.3, 0.4) is 0 Å². The van der Waals surface area contributed by atoms with Gasteiger partial charge in [-0.25, -0.2) is 0 Å². The highest BCUT2D eigenvalue weighted by Gasteiger charge is 2.23. The van der Waals surface area contributed by atoms with Crippen LogP contribution < -0.4 is 4.90 Å². The molecule has 92 valence electrons. The number of azide groups is 1. The highest BCUT2D eigenvalue weighted by atomic mass is 16.2. The first-order valence-electron chi connectivity index (χ1n) is 5.67. The van der Waals surface area contributed by atoms with Gasteiger partial charge in [0.25, 0.3) is 0 Å². The molecule has 0 spiro atoms. The van der Waals surface area contributed by atoms with Gasteiger partial charge in [0.05, 0.1) is 5.69 Å². The number of carbonyl (C=O) groups is 2. The number of rotatable bonds is 2. The van der Waals surface area contributed by atoms with E-state index >= 15 is 0 Å². The first kappa shape index (κ1) is 12.1. The van der Waals surface area contributed by atoms with Crippen molar-refractivity contribution in [3.8, 4) is 0 Å². The summed E-state index contributed by atoms with van der Waals surface area (Å²) in [4.78, 5) is 27.9. The molecule has 0 atom stereocenters. The van der Waals surface area contributed by atoms with Gasteiger partial charge in [-0.05, 0) is 24.1 Å². The van der Waals surface area contributed by atoms with E-state index in [1.165, 1.54) is 4.90 Å². The van der Waals surface area contributed by atoms with Crippen molar-refractivity contribution in [2.75, 3.05) is 18.0 Å². The number of para-hydroxylation sites is 1. The van der Waals surface area contributed by atoms with Gasteiger partial charge in [-0.15, -0.1) is 0 Å². The van der Waals surface area contributed by atoms with Crippen LogP contribution in [0.15, 0.2) is 29.4 Å². The third-order valence-corrected chi connectivity index (χ3v) is 2.85. The molecule has 1 aromatic carbocycles. The second kappa shape index (κ2) is 5.33. The maximum atomic E-state index is 11.9. The van der Waals surface area contributed by atoms with Gasteiger partial charge in [0.15, 0.2) is 5.78 Å². The van der Waals surface area contributed by atoms with Gasteiger partial charge in [-0.1, -0.05) is 17.2 Å². The molecule has 0 fully saturated rings. The highest BCUT2D eigenvalue weighted by molar-refractivity contribution is 6.07. The largest absolute Gasteiger partial charge is 0.312 e. The van der Waals surface area contributed by atoms with E-state index in [2.05, 4.69) is 10.0 Å². The molecule has 0 bridgehead atoms. The van der Waals surface area contributed by atoms with E-state index in [0.717, 1.165) is 0 Å². The third kappa shape index (κ3) is 2.33. The molecule has 1 amide bonds. The second-order valence-electron chi connectivity index (χ2n) is 3.98. The van der Waals surface area contributed by atoms with Gasteiger partial charge >= 0.3 is 0 Å². The lowest BCUT2D eigenvalue weighted by Crippen LogP contribution is -2.33. The van der Waals surface area contributed by atoms with Gasteiger partial charge in [0, 0.05) is 23.4 Å². The molecule has 1 heterocycles. The quantitative estimate of drug-likeness (QED) is 0.454. The number of amides is 1. The Kier molecular flexibility index (Phi) is 3.60. The number of Topliss-reactive ketones (excluding diaryl/α,β-unsaturated/α-hetero) is 1. The Morgan fingerprint density at radius 1 is 1.44 bits per heavy atom. The minimum Gasteiger partial charge on any atom is -0.312 e. The second-order valence-corrected chi connectivity index (χ2v) is 3.98. The predicted molar refractivity (Wildman–Crippen MR) is 66.4 cm³/mol. The van der Waals surface area contributed by atoms with Crippen LogP contribution in [0, 0.1) is 0 Å². The topological polar surface area (TPSA) is 86.1 Å². The van der Waals surface area contributed by atoms with Crippen molar-refractivity contribution in [1.82, 2.24) is 0 Å². The van der Waals surface area contributed by atoms with Crippen molar-refractivity contribution in [2.24, 2.45) is 5.11 Å². The first-order valence-corrected chi connectivity index (χ1v) is 5.67. The van der Waals surface area contributed by atoms with Crippen molar-refractivity contribution in [3.63, 3.8) is 0 Å². The number of nitrogens with zero attached hydrogens (tertiary/aromatic N) is 4. The Morgan fingerprint density at radius 2 is 2.22 bits per heavy atom. The number of ketones is 1. The van der Waals surface area contributed by atoms with Crippen LogP contribution in [0.4, 0.5) is 5.69 Å². The molecule has 0 N–H and O–H groups in total. The molecule has 0 saturated heterocycles. The summed E-state index contributed by atoms with van der Waals surface area (Å²) in [5, 5.41) is 3.27. The summed E-state index contributed by atoms with van der Waals surface area (Å²) in [6, 6.07) is 7.02. The van der Waals surface area contributed by atoms with Gasteiger partial charge < -0.3 is 4.90 Å². The molecule has 6 nitrogen and oxygen atoms in total. The molecule has 1 aliphatic rings. The van der Waals surface area contributed by atoms with E-state index in [4.69, 9.17) is 5.53 Å². The average Bonchev–Trinajstić information content (AvgIpc) is 2.56. The Morgan fingerprint density at radius 3 is 3.00 bits per heavy atom. The minimum atomic E-state index is -0.282. The summed E-state index contributed by atoms with van der Waals surface area (Å²) in [5.41, 5.74) is 9.41. The molecule has 0 aromatic heterocycles. The maximum absolute atomic E-state index is 11.9. The summed E-state index contributed by atoms with van der Waals surface area (Å²) in [6.45, 7) is 0.252. The summed E-state index contributed by atoms with van der Waals surface area (Å²) in [7, 11) is 0. The molecule has 1 aromatic rings. The number of benzene rings is 1. The molecule has 1 aliphatic heterocycles. The van der Waals surface area contributed by atoms with Crippen LogP contribution in [0.5, 0.6) is 0 Å². The lowest BCUT2D eigenvalue weighted by molar-refractivity contribution is -0.117. The van der Waals surface area contributed by atoms with Crippen LogP contribution in [-0.2, 0) is 4.79 Å². The standard InChI is InChI=1S/C12H12N4O2/c13-15-14-8-12(18)16-7-3-6-11(17)9-4-1-2-5-10(9)16/h1-2,4-5H,3,6-8H2. The highest BCUT2D eigenvalue weighted by Crippen LogP contribution is 2.26. The molecular formula is C12H12N4O2. The van der Waals surface area contributed by atoms with E-state index in [1.54, 1.807) is 24.3 Å². The molecule has 0 saturated carbocycles. The Labute approximate surface area is 104 Å². The Hall–Kier alpha value is -2.33. The van der Waals surface area contributed by atoms with Crippen molar-refractivity contribution in [2.45, 2.75) is 12.8 Å². The fraction of sp³-hybridized carbons (Fsp3) is 0.333. The smallest absolute Gasteiger partial charge is 0.232 e.